The molecular formula is C19H30N2O. The molecule has 0 saturated carbocycles. The normalized spacial score (nSPS) is 18.6. The lowest BCUT2D eigenvalue weighted by atomic mass is 9.87. The van der Waals surface area contributed by atoms with Gasteiger partial charge in [0.1, 0.15) is 0 Å². The molecule has 0 saturated heterocycles. The first kappa shape index (κ1) is 17.0. The fourth-order valence-corrected chi connectivity index (χ4v) is 3.37. The van der Waals surface area contributed by atoms with Crippen LogP contribution in [0.4, 0.5) is 5.69 Å². The zero-order valence-corrected chi connectivity index (χ0v) is 14.2. The van der Waals surface area contributed by atoms with Crippen LogP contribution in [0.5, 0.6) is 0 Å². The van der Waals surface area contributed by atoms with E-state index in [-0.39, 0.29) is 5.91 Å². The molecule has 2 rings (SSSR count). The molecule has 0 heterocycles. The van der Waals surface area contributed by atoms with E-state index in [1.807, 2.05) is 6.07 Å². The number of aryl methyl sites for hydroxylation is 1. The summed E-state index contributed by atoms with van der Waals surface area (Å²) in [4.78, 5) is 11.2. The van der Waals surface area contributed by atoms with Crippen molar-refractivity contribution in [1.29, 1.82) is 0 Å². The molecule has 0 radical (unpaired) electrons. The fraction of sp³-hybridized carbons (Fsp3) is 0.632. The van der Waals surface area contributed by atoms with Gasteiger partial charge in [-0.25, -0.2) is 0 Å². The Morgan fingerprint density at radius 2 is 2.14 bits per heavy atom. The van der Waals surface area contributed by atoms with Crippen LogP contribution in [0.1, 0.15) is 64.0 Å². The Morgan fingerprint density at radius 1 is 1.32 bits per heavy atom. The Labute approximate surface area is 134 Å². The third-order valence-electron chi connectivity index (χ3n) is 4.63. The van der Waals surface area contributed by atoms with Crippen molar-refractivity contribution in [2.24, 2.45) is 0 Å². The molecule has 0 aliphatic heterocycles. The largest absolute Gasteiger partial charge is 0.326 e. The van der Waals surface area contributed by atoms with E-state index in [4.69, 9.17) is 0 Å². The summed E-state index contributed by atoms with van der Waals surface area (Å²) in [6, 6.07) is 7.55. The molecular weight excluding hydrogens is 272 g/mol. The molecule has 2 N–H and O–H groups in total. The number of nitrogens with one attached hydrogen (secondary N) is 2. The van der Waals surface area contributed by atoms with E-state index < -0.39 is 0 Å². The molecule has 0 aromatic heterocycles. The number of carbonyl (C=O) groups excluding carboxylic acids is 1. The number of fused-ring (bicyclic) bond motifs is 1. The van der Waals surface area contributed by atoms with Gasteiger partial charge in [-0.15, -0.1) is 0 Å². The first-order valence-electron chi connectivity index (χ1n) is 8.77. The van der Waals surface area contributed by atoms with E-state index in [0.717, 1.165) is 18.5 Å². The number of hydrogen-bond donors (Lipinski definition) is 2. The summed E-state index contributed by atoms with van der Waals surface area (Å²) in [6.07, 6.45) is 8.49. The number of carbonyl (C=O) groups is 1. The maximum Gasteiger partial charge on any atom is 0.221 e. The van der Waals surface area contributed by atoms with Crippen molar-refractivity contribution in [1.82, 2.24) is 5.32 Å². The Kier molecular flexibility index (Phi) is 6.44. The predicted molar refractivity (Wildman–Crippen MR) is 93.3 cm³/mol. The third kappa shape index (κ3) is 4.84. The highest BCUT2D eigenvalue weighted by atomic mass is 16.1. The van der Waals surface area contributed by atoms with Crippen LogP contribution in [0.2, 0.25) is 0 Å². The Bertz CT molecular complexity index is 498. The summed E-state index contributed by atoms with van der Waals surface area (Å²) in [5.41, 5.74) is 3.75. The smallest absolute Gasteiger partial charge is 0.221 e. The van der Waals surface area contributed by atoms with Crippen molar-refractivity contribution in [3.8, 4) is 0 Å². The average Bonchev–Trinajstić information content (AvgIpc) is 2.50. The highest BCUT2D eigenvalue weighted by Gasteiger charge is 2.21. The summed E-state index contributed by atoms with van der Waals surface area (Å²) < 4.78 is 0. The van der Waals surface area contributed by atoms with Crippen LogP contribution in [-0.2, 0) is 17.6 Å². The van der Waals surface area contributed by atoms with Gasteiger partial charge in [0.15, 0.2) is 0 Å². The minimum atomic E-state index is -0.00366. The summed E-state index contributed by atoms with van der Waals surface area (Å²) in [7, 11) is 0. The van der Waals surface area contributed by atoms with Gasteiger partial charge in [0.05, 0.1) is 0 Å². The molecule has 1 aromatic rings. The zero-order chi connectivity index (χ0) is 15.9. The van der Waals surface area contributed by atoms with E-state index in [0.29, 0.717) is 12.1 Å². The molecule has 1 aliphatic carbocycles. The first-order chi connectivity index (χ1) is 10.6. The third-order valence-corrected chi connectivity index (χ3v) is 4.63. The van der Waals surface area contributed by atoms with Gasteiger partial charge in [-0.2, -0.15) is 0 Å². The molecule has 3 nitrogen and oxygen atoms in total. The second-order valence-corrected chi connectivity index (χ2v) is 6.52. The van der Waals surface area contributed by atoms with Crippen molar-refractivity contribution < 1.29 is 4.79 Å². The fourth-order valence-electron chi connectivity index (χ4n) is 3.37. The number of unbranched alkanes of at least 4 members (excludes halogenated alkanes) is 1. The molecule has 3 heteroatoms. The summed E-state index contributed by atoms with van der Waals surface area (Å²) >= 11 is 0. The molecule has 0 spiro atoms. The minimum absolute atomic E-state index is 0.00366. The topological polar surface area (TPSA) is 41.1 Å². The molecule has 2 atom stereocenters. The van der Waals surface area contributed by atoms with Crippen LogP contribution in [-0.4, -0.2) is 18.0 Å². The van der Waals surface area contributed by atoms with Crippen molar-refractivity contribution in [3.63, 3.8) is 0 Å². The molecule has 1 aliphatic rings. The summed E-state index contributed by atoms with van der Waals surface area (Å²) in [5.74, 6) is -0.00366. The van der Waals surface area contributed by atoms with Gasteiger partial charge in [0.25, 0.3) is 0 Å². The number of anilines is 1. The van der Waals surface area contributed by atoms with Crippen molar-refractivity contribution >= 4 is 11.6 Å². The second-order valence-electron chi connectivity index (χ2n) is 6.52. The molecule has 0 fully saturated rings. The van der Waals surface area contributed by atoms with Gasteiger partial charge in [-0.1, -0.05) is 32.8 Å². The predicted octanol–water partition coefficient (Wildman–Crippen LogP) is 4.06. The lowest BCUT2D eigenvalue weighted by Crippen LogP contribution is -2.41. The van der Waals surface area contributed by atoms with Crippen LogP contribution in [0.3, 0.4) is 0 Å². The molecule has 0 bridgehead atoms. The lowest BCUT2D eigenvalue weighted by Gasteiger charge is -2.30. The van der Waals surface area contributed by atoms with Gasteiger partial charge in [0, 0.05) is 24.7 Å². The maximum absolute atomic E-state index is 11.2. The second kappa shape index (κ2) is 8.33. The molecule has 122 valence electrons. The van der Waals surface area contributed by atoms with Crippen LogP contribution < -0.4 is 10.6 Å². The van der Waals surface area contributed by atoms with E-state index in [1.54, 1.807) is 6.92 Å². The Morgan fingerprint density at radius 3 is 2.82 bits per heavy atom. The van der Waals surface area contributed by atoms with Crippen LogP contribution in [0.15, 0.2) is 18.2 Å². The van der Waals surface area contributed by atoms with Gasteiger partial charge < -0.3 is 10.6 Å². The Hall–Kier alpha value is -1.35. The number of rotatable bonds is 7. The van der Waals surface area contributed by atoms with Crippen molar-refractivity contribution in [2.45, 2.75) is 77.8 Å². The van der Waals surface area contributed by atoms with Gasteiger partial charge >= 0.3 is 0 Å². The zero-order valence-electron chi connectivity index (χ0n) is 14.2. The molecule has 2 unspecified atom stereocenters. The number of hydrogen-bond acceptors (Lipinski definition) is 2. The molecule has 1 amide bonds. The van der Waals surface area contributed by atoms with Gasteiger partial charge in [-0.05, 0) is 55.4 Å². The summed E-state index contributed by atoms with van der Waals surface area (Å²) in [6.45, 7) is 6.09. The number of benzene rings is 1. The highest BCUT2D eigenvalue weighted by molar-refractivity contribution is 5.88. The Balaban J connectivity index is 1.98. The standard InChI is InChI=1S/C19H30N2O/c1-4-6-7-17(5-2)21-19-11-9-15-8-10-18(20-14(3)22)12-16(15)13-19/h8,10,12,17,19,21H,4-7,9,11,13H2,1-3H3,(H,20,22). The van der Waals surface area contributed by atoms with Crippen LogP contribution >= 0.6 is 0 Å². The minimum Gasteiger partial charge on any atom is -0.326 e. The number of amides is 1. The molecule has 22 heavy (non-hydrogen) atoms. The highest BCUT2D eigenvalue weighted by Crippen LogP contribution is 2.25. The van der Waals surface area contributed by atoms with E-state index >= 15 is 0 Å². The van der Waals surface area contributed by atoms with Crippen molar-refractivity contribution in [2.75, 3.05) is 5.32 Å². The molecule has 1 aromatic carbocycles. The average molecular weight is 302 g/mol. The van der Waals surface area contributed by atoms with Crippen LogP contribution in [0, 0.1) is 0 Å². The quantitative estimate of drug-likeness (QED) is 0.797. The first-order valence-corrected chi connectivity index (χ1v) is 8.77. The SMILES string of the molecule is CCCCC(CC)NC1CCc2ccc(NC(C)=O)cc2C1. The monoisotopic (exact) mass is 302 g/mol. The van der Waals surface area contributed by atoms with Gasteiger partial charge in [0.2, 0.25) is 5.91 Å². The van der Waals surface area contributed by atoms with E-state index in [2.05, 4.69) is 36.6 Å². The van der Waals surface area contributed by atoms with Gasteiger partial charge in [-0.3, -0.25) is 4.79 Å². The maximum atomic E-state index is 11.2. The lowest BCUT2D eigenvalue weighted by molar-refractivity contribution is -0.114. The van der Waals surface area contributed by atoms with E-state index in [1.165, 1.54) is 43.2 Å². The van der Waals surface area contributed by atoms with Crippen molar-refractivity contribution in [3.05, 3.63) is 29.3 Å². The summed E-state index contributed by atoms with van der Waals surface area (Å²) in [5, 5.41) is 6.74. The van der Waals surface area contributed by atoms with Crippen LogP contribution in [0.25, 0.3) is 0 Å². The van der Waals surface area contributed by atoms with E-state index in [9.17, 15) is 4.79 Å².